The molecule has 1 aliphatic rings. The molecular formula is C26H27BN2O5. The first-order chi connectivity index (χ1) is 16.5. The maximum absolute atomic E-state index is 13.5. The van der Waals surface area contributed by atoms with E-state index in [1.165, 1.54) is 0 Å². The quantitative estimate of drug-likeness (QED) is 0.406. The van der Waals surface area contributed by atoms with Crippen LogP contribution < -0.4 is 10.1 Å². The zero-order chi connectivity index (χ0) is 23.8. The van der Waals surface area contributed by atoms with Crippen LogP contribution in [0.2, 0.25) is 0 Å². The van der Waals surface area contributed by atoms with E-state index in [1.54, 1.807) is 0 Å². The lowest BCUT2D eigenvalue weighted by Crippen LogP contribution is -2.56. The van der Waals surface area contributed by atoms with Crippen molar-refractivity contribution in [1.82, 2.24) is 5.32 Å². The Morgan fingerprint density at radius 1 is 0.971 bits per heavy atom. The van der Waals surface area contributed by atoms with E-state index in [0.29, 0.717) is 11.5 Å². The summed E-state index contributed by atoms with van der Waals surface area (Å²) in [6.07, 6.45) is 0.758. The first-order valence-corrected chi connectivity index (χ1v) is 11.2. The summed E-state index contributed by atoms with van der Waals surface area (Å²) >= 11 is 0. The molecule has 7 nitrogen and oxygen atoms in total. The summed E-state index contributed by atoms with van der Waals surface area (Å²) in [7, 11) is -1.74. The minimum atomic E-state index is -1.74. The summed E-state index contributed by atoms with van der Waals surface area (Å²) in [6, 6.07) is 28.2. The molecule has 2 unspecified atom stereocenters. The van der Waals surface area contributed by atoms with Crippen LogP contribution >= 0.6 is 0 Å². The fourth-order valence-corrected chi connectivity index (χ4v) is 3.93. The van der Waals surface area contributed by atoms with Crippen LogP contribution in [0.5, 0.6) is 5.75 Å². The second kappa shape index (κ2) is 11.0. The highest BCUT2D eigenvalue weighted by Crippen LogP contribution is 2.29. The van der Waals surface area contributed by atoms with E-state index in [-0.39, 0.29) is 25.9 Å². The lowest BCUT2D eigenvalue weighted by atomic mass is 9.75. The third-order valence-electron chi connectivity index (χ3n) is 5.71. The van der Waals surface area contributed by atoms with Crippen LogP contribution in [0.25, 0.3) is 0 Å². The molecule has 0 saturated carbocycles. The Labute approximate surface area is 199 Å². The molecule has 174 valence electrons. The second-order valence-corrected chi connectivity index (χ2v) is 8.37. The first-order valence-electron chi connectivity index (χ1n) is 11.2. The largest absolute Gasteiger partial charge is 0.488 e. The molecule has 0 bridgehead atoms. The number of nitrogens with one attached hydrogen (secondary N) is 1. The van der Waals surface area contributed by atoms with Crippen LogP contribution in [-0.2, 0) is 22.5 Å². The molecule has 0 saturated heterocycles. The Balaban J connectivity index is 1.49. The number of rotatable bonds is 10. The fraction of sp³-hybridized carbons (Fsp3) is 0.231. The van der Waals surface area contributed by atoms with Gasteiger partial charge in [-0.15, -0.1) is 0 Å². The number of para-hydroxylation sites is 1. The molecule has 3 aromatic carbocycles. The van der Waals surface area contributed by atoms with Crippen LogP contribution in [0, 0.1) is 0 Å². The van der Waals surface area contributed by atoms with E-state index in [0.717, 1.165) is 11.1 Å². The van der Waals surface area contributed by atoms with Crippen molar-refractivity contribution >= 4 is 18.7 Å². The molecular weight excluding hydrogens is 431 g/mol. The van der Waals surface area contributed by atoms with Gasteiger partial charge in [0.1, 0.15) is 12.4 Å². The van der Waals surface area contributed by atoms with Gasteiger partial charge in [-0.25, -0.2) is 0 Å². The van der Waals surface area contributed by atoms with E-state index >= 15 is 0 Å². The summed E-state index contributed by atoms with van der Waals surface area (Å²) in [6.45, 7) is 0.184. The number of amides is 1. The van der Waals surface area contributed by atoms with Crippen molar-refractivity contribution in [3.8, 4) is 5.75 Å². The lowest BCUT2D eigenvalue weighted by Gasteiger charge is -2.28. The smallest absolute Gasteiger partial charge is 0.475 e. The fourth-order valence-electron chi connectivity index (χ4n) is 3.93. The third-order valence-corrected chi connectivity index (χ3v) is 5.71. The van der Waals surface area contributed by atoms with Crippen molar-refractivity contribution in [3.05, 3.63) is 102 Å². The van der Waals surface area contributed by atoms with Crippen LogP contribution in [0.15, 0.2) is 96.2 Å². The molecule has 0 fully saturated rings. The molecule has 0 spiro atoms. The SMILES string of the molecule is O=C(NC(Cc1ccccc1)B(O)O)C1(Cc2ccccc2)CC(COc2ccccc2)=NO1. The molecule has 2 atom stereocenters. The van der Waals surface area contributed by atoms with E-state index in [2.05, 4.69) is 10.5 Å². The Hall–Kier alpha value is -3.62. The highest BCUT2D eigenvalue weighted by atomic mass is 16.7. The number of hydrogen-bond donors (Lipinski definition) is 3. The average molecular weight is 458 g/mol. The number of hydrogen-bond acceptors (Lipinski definition) is 6. The van der Waals surface area contributed by atoms with Gasteiger partial charge in [-0.2, -0.15) is 0 Å². The summed E-state index contributed by atoms with van der Waals surface area (Å²) in [5.41, 5.74) is 1.06. The van der Waals surface area contributed by atoms with Gasteiger partial charge < -0.3 is 24.9 Å². The predicted molar refractivity (Wildman–Crippen MR) is 130 cm³/mol. The van der Waals surface area contributed by atoms with Gasteiger partial charge in [0.05, 0.1) is 11.7 Å². The van der Waals surface area contributed by atoms with Gasteiger partial charge in [-0.3, -0.25) is 4.79 Å². The molecule has 1 amide bonds. The molecule has 0 aromatic heterocycles. The standard InChI is InChI=1S/C26H27BN2O5/c30-25(28-24(27(31)32)16-20-10-4-1-5-11-20)26(17-21-12-6-2-7-13-21)18-22(29-34-26)19-33-23-14-8-3-9-15-23/h1-15,24,31-32H,16-19H2,(H,28,30). The molecule has 8 heteroatoms. The van der Waals surface area contributed by atoms with E-state index < -0.39 is 24.6 Å². The van der Waals surface area contributed by atoms with Crippen molar-refractivity contribution in [2.24, 2.45) is 5.16 Å². The second-order valence-electron chi connectivity index (χ2n) is 8.37. The number of nitrogens with zero attached hydrogens (tertiary/aromatic N) is 1. The summed E-state index contributed by atoms with van der Waals surface area (Å²) < 4.78 is 5.79. The minimum absolute atomic E-state index is 0.184. The molecule has 4 rings (SSSR count). The van der Waals surface area contributed by atoms with Crippen molar-refractivity contribution in [3.63, 3.8) is 0 Å². The molecule has 1 aliphatic heterocycles. The number of benzene rings is 3. The molecule has 34 heavy (non-hydrogen) atoms. The van der Waals surface area contributed by atoms with Crippen LogP contribution in [0.4, 0.5) is 0 Å². The molecule has 0 radical (unpaired) electrons. The molecule has 3 N–H and O–H groups in total. The predicted octanol–water partition coefficient (Wildman–Crippen LogP) is 2.56. The Bertz CT molecular complexity index is 1100. The number of carbonyl (C=O) groups excluding carboxylic acids is 1. The van der Waals surface area contributed by atoms with Crippen LogP contribution in [0.1, 0.15) is 17.5 Å². The number of ether oxygens (including phenoxy) is 1. The van der Waals surface area contributed by atoms with Gasteiger partial charge in [0.25, 0.3) is 5.91 Å². The number of oxime groups is 1. The Kier molecular flexibility index (Phi) is 7.62. The van der Waals surface area contributed by atoms with Crippen LogP contribution in [0.3, 0.4) is 0 Å². The third kappa shape index (κ3) is 6.04. The summed E-state index contributed by atoms with van der Waals surface area (Å²) in [4.78, 5) is 19.3. The number of carbonyl (C=O) groups is 1. The lowest BCUT2D eigenvalue weighted by molar-refractivity contribution is -0.144. The highest BCUT2D eigenvalue weighted by molar-refractivity contribution is 6.43. The van der Waals surface area contributed by atoms with Gasteiger partial charge in [-0.1, -0.05) is 84.0 Å². The maximum Gasteiger partial charge on any atom is 0.475 e. The van der Waals surface area contributed by atoms with E-state index in [4.69, 9.17) is 9.57 Å². The monoisotopic (exact) mass is 458 g/mol. The van der Waals surface area contributed by atoms with Gasteiger partial charge in [0.15, 0.2) is 0 Å². The minimum Gasteiger partial charge on any atom is -0.488 e. The van der Waals surface area contributed by atoms with Gasteiger partial charge >= 0.3 is 7.12 Å². The summed E-state index contributed by atoms with van der Waals surface area (Å²) in [5.74, 6) is -0.666. The van der Waals surface area contributed by atoms with Gasteiger partial charge in [0, 0.05) is 12.8 Å². The zero-order valence-corrected chi connectivity index (χ0v) is 18.7. The maximum atomic E-state index is 13.5. The van der Waals surface area contributed by atoms with Crippen molar-refractivity contribution in [2.45, 2.75) is 30.8 Å². The van der Waals surface area contributed by atoms with Crippen molar-refractivity contribution < 1.29 is 24.4 Å². The Morgan fingerprint density at radius 3 is 2.18 bits per heavy atom. The molecule has 1 heterocycles. The van der Waals surface area contributed by atoms with Gasteiger partial charge in [0.2, 0.25) is 5.60 Å². The van der Waals surface area contributed by atoms with E-state index in [1.807, 2.05) is 91.0 Å². The normalized spacial score (nSPS) is 17.9. The zero-order valence-electron chi connectivity index (χ0n) is 18.7. The molecule has 0 aliphatic carbocycles. The van der Waals surface area contributed by atoms with Crippen LogP contribution in [-0.4, -0.2) is 46.9 Å². The first kappa shape index (κ1) is 23.5. The highest BCUT2D eigenvalue weighted by Gasteiger charge is 2.48. The molecule has 3 aromatic rings. The van der Waals surface area contributed by atoms with Crippen molar-refractivity contribution in [2.75, 3.05) is 6.61 Å². The Morgan fingerprint density at radius 2 is 1.56 bits per heavy atom. The average Bonchev–Trinajstić information content (AvgIpc) is 3.28. The summed E-state index contributed by atoms with van der Waals surface area (Å²) in [5, 5.41) is 26.9. The topological polar surface area (TPSA) is 100 Å². The van der Waals surface area contributed by atoms with E-state index in [9.17, 15) is 14.8 Å². The van der Waals surface area contributed by atoms with Crippen molar-refractivity contribution in [1.29, 1.82) is 0 Å². The van der Waals surface area contributed by atoms with Gasteiger partial charge in [-0.05, 0) is 29.7 Å².